The first-order valence-electron chi connectivity index (χ1n) is 4.42. The summed E-state index contributed by atoms with van der Waals surface area (Å²) in [5.41, 5.74) is 1.56. The third-order valence-corrected chi connectivity index (χ3v) is 1.92. The number of carbonyl (C=O) groups is 1. The molecule has 0 saturated carbocycles. The van der Waals surface area contributed by atoms with Gasteiger partial charge < -0.3 is 4.74 Å². The van der Waals surface area contributed by atoms with Crippen molar-refractivity contribution >= 4 is 29.5 Å². The Labute approximate surface area is 93.3 Å². The summed E-state index contributed by atoms with van der Waals surface area (Å²) in [6.45, 7) is 2.15. The first kappa shape index (κ1) is 11.5. The average Bonchev–Trinajstić information content (AvgIpc) is 2.61. The lowest BCUT2D eigenvalue weighted by molar-refractivity contribution is 0.155. The second kappa shape index (κ2) is 4.79. The Kier molecular flexibility index (Phi) is 3.68. The molecule has 0 saturated heterocycles. The lowest BCUT2D eigenvalue weighted by Crippen LogP contribution is -2.11. The Balaban J connectivity index is 0.00000112. The van der Waals surface area contributed by atoms with Gasteiger partial charge in [0, 0.05) is 12.4 Å². The van der Waals surface area contributed by atoms with Crippen LogP contribution in [0.3, 0.4) is 0 Å². The molecule has 2 rings (SSSR count). The van der Waals surface area contributed by atoms with Crippen LogP contribution < -0.4 is 0 Å². The molecule has 0 aliphatic rings. The summed E-state index contributed by atoms with van der Waals surface area (Å²) in [6.07, 6.45) is 2.99. The van der Waals surface area contributed by atoms with E-state index in [0.717, 1.165) is 11.0 Å². The van der Waals surface area contributed by atoms with E-state index in [4.69, 9.17) is 4.74 Å². The predicted molar refractivity (Wildman–Crippen MR) is 59.4 cm³/mol. The molecule has 0 fully saturated rings. The van der Waals surface area contributed by atoms with Crippen molar-refractivity contribution in [3.8, 4) is 0 Å². The maximum absolute atomic E-state index is 11.4. The van der Waals surface area contributed by atoms with Gasteiger partial charge in [-0.05, 0) is 25.1 Å². The minimum absolute atomic E-state index is 0. The van der Waals surface area contributed by atoms with Crippen molar-refractivity contribution in [1.82, 2.24) is 9.55 Å². The molecule has 0 N–H and O–H groups in total. The van der Waals surface area contributed by atoms with E-state index in [9.17, 15) is 4.79 Å². The number of hydrogen-bond donors (Lipinski definition) is 0. The molecule has 15 heavy (non-hydrogen) atoms. The number of nitrogens with zero attached hydrogens (tertiary/aromatic N) is 2. The zero-order chi connectivity index (χ0) is 9.97. The molecule has 2 heterocycles. The molecule has 5 heteroatoms. The largest absolute Gasteiger partial charge is 0.449 e. The minimum Gasteiger partial charge on any atom is -0.449 e. The number of pyridine rings is 1. The highest BCUT2D eigenvalue weighted by atomic mass is 35.5. The molecule has 0 aliphatic heterocycles. The monoisotopic (exact) mass is 226 g/mol. The van der Waals surface area contributed by atoms with E-state index >= 15 is 0 Å². The van der Waals surface area contributed by atoms with E-state index in [1.165, 1.54) is 4.57 Å². The molecule has 0 atom stereocenters. The van der Waals surface area contributed by atoms with E-state index < -0.39 is 0 Å². The van der Waals surface area contributed by atoms with Crippen molar-refractivity contribution in [3.63, 3.8) is 0 Å². The molecule has 2 aromatic rings. The van der Waals surface area contributed by atoms with Gasteiger partial charge in [0.05, 0.1) is 17.6 Å². The van der Waals surface area contributed by atoms with Gasteiger partial charge in [-0.1, -0.05) is 0 Å². The van der Waals surface area contributed by atoms with Crippen LogP contribution in [0.5, 0.6) is 0 Å². The van der Waals surface area contributed by atoms with Gasteiger partial charge >= 0.3 is 6.09 Å². The van der Waals surface area contributed by atoms with Crippen LogP contribution in [0.4, 0.5) is 4.79 Å². The van der Waals surface area contributed by atoms with Gasteiger partial charge in [0.15, 0.2) is 0 Å². The van der Waals surface area contributed by atoms with Gasteiger partial charge in [-0.15, -0.1) is 12.4 Å². The van der Waals surface area contributed by atoms with Crippen LogP contribution >= 0.6 is 12.4 Å². The Hall–Kier alpha value is -1.55. The number of rotatable bonds is 1. The molecule has 0 aromatic carbocycles. The quantitative estimate of drug-likeness (QED) is 0.750. The predicted octanol–water partition coefficient (Wildman–Crippen LogP) is 2.46. The van der Waals surface area contributed by atoms with Crippen LogP contribution in [0.1, 0.15) is 6.92 Å². The minimum atomic E-state index is -0.365. The highest BCUT2D eigenvalue weighted by Gasteiger charge is 2.08. The number of hydrogen-bond acceptors (Lipinski definition) is 3. The van der Waals surface area contributed by atoms with Crippen molar-refractivity contribution in [2.24, 2.45) is 0 Å². The van der Waals surface area contributed by atoms with Crippen LogP contribution in [0, 0.1) is 0 Å². The van der Waals surface area contributed by atoms with Gasteiger partial charge in [0.25, 0.3) is 0 Å². The van der Waals surface area contributed by atoms with Crippen LogP contribution in [0.15, 0.2) is 30.6 Å². The van der Waals surface area contributed by atoms with Gasteiger partial charge in [-0.3, -0.25) is 9.55 Å². The van der Waals surface area contributed by atoms with Gasteiger partial charge in [-0.25, -0.2) is 4.79 Å². The van der Waals surface area contributed by atoms with E-state index in [0.29, 0.717) is 6.61 Å². The summed E-state index contributed by atoms with van der Waals surface area (Å²) < 4.78 is 6.34. The Morgan fingerprint density at radius 3 is 3.07 bits per heavy atom. The molecule has 0 radical (unpaired) electrons. The van der Waals surface area contributed by atoms with Gasteiger partial charge in [0.1, 0.15) is 0 Å². The summed E-state index contributed by atoms with van der Waals surface area (Å²) in [7, 11) is 0. The fourth-order valence-corrected chi connectivity index (χ4v) is 1.32. The fraction of sp³-hybridized carbons (Fsp3) is 0.200. The Morgan fingerprint density at radius 1 is 1.53 bits per heavy atom. The third kappa shape index (κ3) is 2.10. The summed E-state index contributed by atoms with van der Waals surface area (Å²) in [5.74, 6) is 0. The highest BCUT2D eigenvalue weighted by Crippen LogP contribution is 2.12. The Bertz CT molecular complexity index is 467. The molecule has 0 aliphatic carbocycles. The van der Waals surface area contributed by atoms with E-state index in [-0.39, 0.29) is 18.5 Å². The normalized spacial score (nSPS) is 9.67. The van der Waals surface area contributed by atoms with Crippen molar-refractivity contribution in [1.29, 1.82) is 0 Å². The first-order chi connectivity index (χ1) is 6.83. The highest BCUT2D eigenvalue weighted by molar-refractivity contribution is 5.86. The summed E-state index contributed by atoms with van der Waals surface area (Å²) in [4.78, 5) is 15.5. The zero-order valence-corrected chi connectivity index (χ0v) is 9.03. The lowest BCUT2D eigenvalue weighted by atomic mass is 10.4. The van der Waals surface area contributed by atoms with E-state index in [1.54, 1.807) is 31.5 Å². The lowest BCUT2D eigenvalue weighted by Gasteiger charge is -2.02. The molecule has 0 bridgehead atoms. The van der Waals surface area contributed by atoms with Crippen molar-refractivity contribution in [2.45, 2.75) is 6.92 Å². The molecule has 2 aromatic heterocycles. The molecule has 80 valence electrons. The molecular weight excluding hydrogens is 216 g/mol. The van der Waals surface area contributed by atoms with Gasteiger partial charge in [0.2, 0.25) is 0 Å². The average molecular weight is 227 g/mol. The topological polar surface area (TPSA) is 44.1 Å². The number of halogens is 1. The van der Waals surface area contributed by atoms with E-state index in [2.05, 4.69) is 4.98 Å². The molecule has 4 nitrogen and oxygen atoms in total. The maximum atomic E-state index is 11.4. The SMILES string of the molecule is CCOC(=O)n1ccc2ncccc21.Cl. The summed E-state index contributed by atoms with van der Waals surface area (Å²) in [6, 6.07) is 5.41. The van der Waals surface area contributed by atoms with Crippen LogP contribution in [0.25, 0.3) is 11.0 Å². The third-order valence-electron chi connectivity index (χ3n) is 1.92. The fourth-order valence-electron chi connectivity index (χ4n) is 1.32. The van der Waals surface area contributed by atoms with Crippen LogP contribution in [-0.2, 0) is 4.74 Å². The van der Waals surface area contributed by atoms with E-state index in [1.807, 2.05) is 6.07 Å². The van der Waals surface area contributed by atoms with Crippen LogP contribution in [-0.4, -0.2) is 22.3 Å². The van der Waals surface area contributed by atoms with Crippen molar-refractivity contribution in [2.75, 3.05) is 6.61 Å². The smallest absolute Gasteiger partial charge is 0.418 e. The second-order valence-corrected chi connectivity index (χ2v) is 2.79. The number of fused-ring (bicyclic) bond motifs is 1. The number of carbonyl (C=O) groups excluding carboxylic acids is 1. The zero-order valence-electron chi connectivity index (χ0n) is 8.21. The van der Waals surface area contributed by atoms with Crippen molar-refractivity contribution in [3.05, 3.63) is 30.6 Å². The second-order valence-electron chi connectivity index (χ2n) is 2.79. The van der Waals surface area contributed by atoms with Crippen LogP contribution in [0.2, 0.25) is 0 Å². The molecule has 0 amide bonds. The summed E-state index contributed by atoms with van der Waals surface area (Å²) >= 11 is 0. The standard InChI is InChI=1S/C10H10N2O2.ClH/c1-2-14-10(13)12-7-5-8-9(12)4-3-6-11-8;/h3-7H,2H2,1H3;1H. The van der Waals surface area contributed by atoms with Gasteiger partial charge in [-0.2, -0.15) is 0 Å². The number of ether oxygens (including phenoxy) is 1. The summed E-state index contributed by atoms with van der Waals surface area (Å²) in [5, 5.41) is 0. The molecule has 0 spiro atoms. The molecule has 0 unspecified atom stereocenters. The number of aromatic nitrogens is 2. The first-order valence-corrected chi connectivity index (χ1v) is 4.42. The van der Waals surface area contributed by atoms with Crippen molar-refractivity contribution < 1.29 is 9.53 Å². The Morgan fingerprint density at radius 2 is 2.33 bits per heavy atom. The maximum Gasteiger partial charge on any atom is 0.418 e. The molecular formula is C10H11ClN2O2.